The molecule has 70 valence electrons. The quantitative estimate of drug-likeness (QED) is 0.638. The maximum Gasteiger partial charge on any atom is 0.0193 e. The van der Waals surface area contributed by atoms with Gasteiger partial charge in [-0.05, 0) is 20.3 Å². The molecular formula is C10H20N2. The summed E-state index contributed by atoms with van der Waals surface area (Å²) in [6.45, 7) is 9.10. The fourth-order valence-electron chi connectivity index (χ4n) is 1.62. The zero-order valence-corrected chi connectivity index (χ0v) is 8.21. The topological polar surface area (TPSA) is 15.3 Å². The maximum absolute atomic E-state index is 3.40. The van der Waals surface area contributed by atoms with E-state index in [2.05, 4.69) is 36.2 Å². The van der Waals surface area contributed by atoms with E-state index in [0.29, 0.717) is 6.04 Å². The van der Waals surface area contributed by atoms with E-state index in [0.717, 1.165) is 13.1 Å². The van der Waals surface area contributed by atoms with E-state index in [1.807, 2.05) is 0 Å². The van der Waals surface area contributed by atoms with Gasteiger partial charge in [-0.25, -0.2) is 0 Å². The molecule has 2 nitrogen and oxygen atoms in total. The summed E-state index contributed by atoms with van der Waals surface area (Å²) in [6.07, 6.45) is 5.57. The second-order valence-electron chi connectivity index (χ2n) is 3.45. The zero-order chi connectivity index (χ0) is 8.81. The predicted octanol–water partition coefficient (Wildman–Crippen LogP) is 1.25. The van der Waals surface area contributed by atoms with Gasteiger partial charge >= 0.3 is 0 Å². The van der Waals surface area contributed by atoms with E-state index >= 15 is 0 Å². The molecule has 12 heavy (non-hydrogen) atoms. The maximum atomic E-state index is 3.40. The molecule has 0 aromatic carbocycles. The summed E-state index contributed by atoms with van der Waals surface area (Å²) in [7, 11) is 0. The molecule has 1 heterocycles. The summed E-state index contributed by atoms with van der Waals surface area (Å²) in [4.78, 5) is 2.55. The lowest BCUT2D eigenvalue weighted by Gasteiger charge is -2.33. The Labute approximate surface area is 75.6 Å². The Hall–Kier alpha value is -0.340. The third-order valence-electron chi connectivity index (χ3n) is 2.46. The first kappa shape index (κ1) is 9.75. The number of allylic oxidation sites excluding steroid dienone is 1. The van der Waals surface area contributed by atoms with Gasteiger partial charge in [-0.1, -0.05) is 12.2 Å². The summed E-state index contributed by atoms with van der Waals surface area (Å²) >= 11 is 0. The molecule has 0 saturated carbocycles. The van der Waals surface area contributed by atoms with Crippen molar-refractivity contribution in [2.45, 2.75) is 26.3 Å². The first-order valence-electron chi connectivity index (χ1n) is 4.90. The third kappa shape index (κ3) is 2.95. The molecule has 1 fully saturated rings. The molecule has 1 unspecified atom stereocenters. The summed E-state index contributed by atoms with van der Waals surface area (Å²) in [6, 6.07) is 0.712. The number of nitrogens with zero attached hydrogens (tertiary/aromatic N) is 1. The van der Waals surface area contributed by atoms with Crippen molar-refractivity contribution >= 4 is 0 Å². The first-order chi connectivity index (χ1) is 5.84. The van der Waals surface area contributed by atoms with Crippen molar-refractivity contribution in [1.82, 2.24) is 10.2 Å². The molecule has 1 aliphatic rings. The molecule has 1 N–H and O–H groups in total. The smallest absolute Gasteiger partial charge is 0.0193 e. The average Bonchev–Trinajstić information content (AvgIpc) is 2.09. The number of hydrogen-bond acceptors (Lipinski definition) is 2. The van der Waals surface area contributed by atoms with E-state index in [-0.39, 0.29) is 0 Å². The van der Waals surface area contributed by atoms with Crippen LogP contribution < -0.4 is 5.32 Å². The summed E-state index contributed by atoms with van der Waals surface area (Å²) in [5.74, 6) is 0. The van der Waals surface area contributed by atoms with Crippen LogP contribution in [0.5, 0.6) is 0 Å². The Kier molecular flexibility index (Phi) is 4.33. The minimum atomic E-state index is 0.712. The van der Waals surface area contributed by atoms with Crippen LogP contribution in [-0.4, -0.2) is 37.1 Å². The first-order valence-corrected chi connectivity index (χ1v) is 4.90. The Balaban J connectivity index is 2.20. The molecule has 1 rings (SSSR count). The lowest BCUT2D eigenvalue weighted by atomic mass is 10.2. The van der Waals surface area contributed by atoms with Crippen LogP contribution >= 0.6 is 0 Å². The van der Waals surface area contributed by atoms with E-state index in [1.165, 1.54) is 19.5 Å². The van der Waals surface area contributed by atoms with Crippen LogP contribution in [0.2, 0.25) is 0 Å². The largest absolute Gasteiger partial charge is 0.314 e. The lowest BCUT2D eigenvalue weighted by Crippen LogP contribution is -2.49. The molecule has 1 atom stereocenters. The SMILES string of the molecule is C/C=C/CCN1CCNCC1C. The number of nitrogens with one attached hydrogen (secondary N) is 1. The summed E-state index contributed by atoms with van der Waals surface area (Å²) in [5, 5.41) is 3.40. The van der Waals surface area contributed by atoms with Crippen molar-refractivity contribution in [3.63, 3.8) is 0 Å². The summed E-state index contributed by atoms with van der Waals surface area (Å²) in [5.41, 5.74) is 0. The predicted molar refractivity (Wildman–Crippen MR) is 53.3 cm³/mol. The number of piperazine rings is 1. The highest BCUT2D eigenvalue weighted by atomic mass is 15.2. The molecule has 1 aliphatic heterocycles. The fraction of sp³-hybridized carbons (Fsp3) is 0.800. The second-order valence-corrected chi connectivity index (χ2v) is 3.45. The van der Waals surface area contributed by atoms with Gasteiger partial charge in [0.25, 0.3) is 0 Å². The molecule has 2 heteroatoms. The molecule has 0 aliphatic carbocycles. The Bertz CT molecular complexity index is 143. The molecule has 0 spiro atoms. The van der Waals surface area contributed by atoms with Gasteiger partial charge in [-0.3, -0.25) is 4.90 Å². The van der Waals surface area contributed by atoms with Crippen LogP contribution in [0.4, 0.5) is 0 Å². The van der Waals surface area contributed by atoms with E-state index in [4.69, 9.17) is 0 Å². The average molecular weight is 168 g/mol. The highest BCUT2D eigenvalue weighted by molar-refractivity contribution is 4.82. The van der Waals surface area contributed by atoms with Crippen molar-refractivity contribution in [3.05, 3.63) is 12.2 Å². The molecule has 1 saturated heterocycles. The van der Waals surface area contributed by atoms with Crippen molar-refractivity contribution in [3.8, 4) is 0 Å². The van der Waals surface area contributed by atoms with E-state index < -0.39 is 0 Å². The second kappa shape index (κ2) is 5.33. The Morgan fingerprint density at radius 2 is 2.42 bits per heavy atom. The minimum absolute atomic E-state index is 0.712. The molecular weight excluding hydrogens is 148 g/mol. The monoisotopic (exact) mass is 168 g/mol. The van der Waals surface area contributed by atoms with Gasteiger partial charge < -0.3 is 5.32 Å². The highest BCUT2D eigenvalue weighted by Crippen LogP contribution is 2.02. The van der Waals surface area contributed by atoms with Crippen LogP contribution in [0.1, 0.15) is 20.3 Å². The minimum Gasteiger partial charge on any atom is -0.314 e. The highest BCUT2D eigenvalue weighted by Gasteiger charge is 2.15. The van der Waals surface area contributed by atoms with Crippen LogP contribution in [0.3, 0.4) is 0 Å². The fourth-order valence-corrected chi connectivity index (χ4v) is 1.62. The summed E-state index contributed by atoms with van der Waals surface area (Å²) < 4.78 is 0. The van der Waals surface area contributed by atoms with Crippen molar-refractivity contribution in [2.24, 2.45) is 0 Å². The lowest BCUT2D eigenvalue weighted by molar-refractivity contribution is 0.177. The van der Waals surface area contributed by atoms with Crippen molar-refractivity contribution < 1.29 is 0 Å². The van der Waals surface area contributed by atoms with Crippen molar-refractivity contribution in [1.29, 1.82) is 0 Å². The Morgan fingerprint density at radius 3 is 3.08 bits per heavy atom. The standard InChI is InChI=1S/C10H20N2/c1-3-4-5-7-12-8-6-11-9-10(12)2/h3-4,10-11H,5-9H2,1-2H3/b4-3+. The molecule has 0 radical (unpaired) electrons. The van der Waals surface area contributed by atoms with Gasteiger partial charge in [0, 0.05) is 32.2 Å². The van der Waals surface area contributed by atoms with E-state index in [9.17, 15) is 0 Å². The molecule has 0 aromatic rings. The van der Waals surface area contributed by atoms with Gasteiger partial charge in [-0.15, -0.1) is 0 Å². The normalized spacial score (nSPS) is 26.7. The van der Waals surface area contributed by atoms with Gasteiger partial charge in [0.15, 0.2) is 0 Å². The molecule has 0 bridgehead atoms. The van der Waals surface area contributed by atoms with Crippen LogP contribution in [0.25, 0.3) is 0 Å². The number of hydrogen-bond donors (Lipinski definition) is 1. The van der Waals surface area contributed by atoms with Crippen LogP contribution in [0.15, 0.2) is 12.2 Å². The van der Waals surface area contributed by atoms with Crippen molar-refractivity contribution in [2.75, 3.05) is 26.2 Å². The zero-order valence-electron chi connectivity index (χ0n) is 8.21. The van der Waals surface area contributed by atoms with Gasteiger partial charge in [-0.2, -0.15) is 0 Å². The van der Waals surface area contributed by atoms with Gasteiger partial charge in [0.2, 0.25) is 0 Å². The van der Waals surface area contributed by atoms with Crippen LogP contribution in [0, 0.1) is 0 Å². The molecule has 0 amide bonds. The number of rotatable bonds is 3. The third-order valence-corrected chi connectivity index (χ3v) is 2.46. The van der Waals surface area contributed by atoms with Gasteiger partial charge in [0.1, 0.15) is 0 Å². The molecule has 0 aromatic heterocycles. The Morgan fingerprint density at radius 1 is 1.58 bits per heavy atom. The van der Waals surface area contributed by atoms with Crippen LogP contribution in [-0.2, 0) is 0 Å². The van der Waals surface area contributed by atoms with Gasteiger partial charge in [0.05, 0.1) is 0 Å². The van der Waals surface area contributed by atoms with E-state index in [1.54, 1.807) is 0 Å².